The third-order valence-corrected chi connectivity index (χ3v) is 9.53. The normalized spacial score (nSPS) is 35.0. The summed E-state index contributed by atoms with van der Waals surface area (Å²) in [7, 11) is 3.87. The number of aromatic nitrogens is 1. The maximum atomic E-state index is 11.9. The average molecular weight is 478 g/mol. The molecule has 1 aromatic rings. The first-order valence-electron chi connectivity index (χ1n) is 13.2. The summed E-state index contributed by atoms with van der Waals surface area (Å²) in [4.78, 5) is 23.3. The van der Waals surface area contributed by atoms with E-state index in [1.807, 2.05) is 31.4 Å². The largest absolute Gasteiger partial charge is 0.535 e. The Morgan fingerprint density at radius 2 is 2.03 bits per heavy atom. The first-order chi connectivity index (χ1) is 16.8. The van der Waals surface area contributed by atoms with Crippen LogP contribution in [-0.2, 0) is 9.57 Å². The van der Waals surface area contributed by atoms with Crippen LogP contribution in [0.25, 0.3) is 5.57 Å². The van der Waals surface area contributed by atoms with Crippen molar-refractivity contribution in [1.29, 1.82) is 0 Å². The second-order valence-corrected chi connectivity index (χ2v) is 11.6. The average Bonchev–Trinajstić information content (AvgIpc) is 3.20. The van der Waals surface area contributed by atoms with E-state index in [9.17, 15) is 4.79 Å². The summed E-state index contributed by atoms with van der Waals surface area (Å²) in [5, 5.41) is 4.15. The molecule has 0 spiro atoms. The van der Waals surface area contributed by atoms with E-state index >= 15 is 0 Å². The van der Waals surface area contributed by atoms with E-state index in [-0.39, 0.29) is 10.8 Å². The number of ether oxygens (including phenoxy) is 1. The van der Waals surface area contributed by atoms with Gasteiger partial charge in [0.05, 0.1) is 5.71 Å². The fourth-order valence-electron chi connectivity index (χ4n) is 7.61. The molecule has 5 rings (SSSR count). The number of carbonyl (C=O) groups excluding carboxylic acids is 1. The van der Waals surface area contributed by atoms with Gasteiger partial charge in [-0.15, -0.1) is 0 Å². The van der Waals surface area contributed by atoms with E-state index in [0.29, 0.717) is 25.0 Å². The van der Waals surface area contributed by atoms with Gasteiger partial charge in [0, 0.05) is 18.9 Å². The standard InChI is InChI=1S/C29H39N3O3/c1-28-13-11-22(31-35-27(33)34-17-16-32(3)4)18-21(28)7-8-23-25-10-9-24(20-6-5-15-30-19-20)29(25,2)14-12-26(23)28/h5-6,9,15,18-19,23,25-26H,7-8,10-14,16-17H2,1-4H3/t23-,25+,26+,28+,29-/m1/s1. The molecule has 4 aliphatic carbocycles. The quantitative estimate of drug-likeness (QED) is 0.291. The predicted octanol–water partition coefficient (Wildman–Crippen LogP) is 6.11. The Morgan fingerprint density at radius 1 is 1.17 bits per heavy atom. The van der Waals surface area contributed by atoms with Crippen LogP contribution in [0.1, 0.15) is 64.4 Å². The maximum Gasteiger partial charge on any atom is 0.535 e. The third-order valence-electron chi connectivity index (χ3n) is 9.53. The lowest BCUT2D eigenvalue weighted by atomic mass is 9.46. The highest BCUT2D eigenvalue weighted by molar-refractivity contribution is 5.96. The van der Waals surface area contributed by atoms with E-state index in [2.05, 4.69) is 48.3 Å². The Kier molecular flexibility index (Phi) is 6.60. The summed E-state index contributed by atoms with van der Waals surface area (Å²) in [5.41, 5.74) is 5.65. The smallest absolute Gasteiger partial charge is 0.431 e. The Balaban J connectivity index is 1.27. The molecule has 2 fully saturated rings. The van der Waals surface area contributed by atoms with Crippen LogP contribution in [0.2, 0.25) is 0 Å². The monoisotopic (exact) mass is 477 g/mol. The van der Waals surface area contributed by atoms with Gasteiger partial charge in [-0.3, -0.25) is 9.82 Å². The highest BCUT2D eigenvalue weighted by Gasteiger charge is 2.57. The zero-order chi connectivity index (χ0) is 24.6. The van der Waals surface area contributed by atoms with Gasteiger partial charge < -0.3 is 9.64 Å². The SMILES string of the molecule is CN(C)CCOC(=O)ON=C1C=C2CC[C@H]3[C@H](CC[C@]4(C)C(c5cccnc5)=CC[C@@H]34)[C@@]2(C)CC1. The van der Waals surface area contributed by atoms with E-state index in [1.54, 1.807) is 0 Å². The van der Waals surface area contributed by atoms with Gasteiger partial charge >= 0.3 is 6.16 Å². The van der Waals surface area contributed by atoms with Crippen LogP contribution in [0.3, 0.4) is 0 Å². The molecule has 2 saturated carbocycles. The van der Waals surface area contributed by atoms with Crippen molar-refractivity contribution in [2.45, 2.75) is 58.8 Å². The van der Waals surface area contributed by atoms with Gasteiger partial charge in [0.1, 0.15) is 6.61 Å². The van der Waals surface area contributed by atoms with Crippen LogP contribution >= 0.6 is 0 Å². The van der Waals surface area contributed by atoms with Crippen molar-refractivity contribution >= 4 is 17.4 Å². The summed E-state index contributed by atoms with van der Waals surface area (Å²) in [6.07, 6.45) is 15.9. The second kappa shape index (κ2) is 9.53. The van der Waals surface area contributed by atoms with Crippen molar-refractivity contribution in [3.63, 3.8) is 0 Å². The van der Waals surface area contributed by atoms with Crippen molar-refractivity contribution < 1.29 is 14.4 Å². The Labute approximate surface area is 209 Å². The first-order valence-corrected chi connectivity index (χ1v) is 13.2. The minimum absolute atomic E-state index is 0.215. The first kappa shape index (κ1) is 24.2. The van der Waals surface area contributed by atoms with Crippen LogP contribution in [0.15, 0.2) is 47.4 Å². The van der Waals surface area contributed by atoms with Crippen molar-refractivity contribution in [3.8, 4) is 0 Å². The number of hydrogen-bond donors (Lipinski definition) is 0. The van der Waals surface area contributed by atoms with Crippen LogP contribution in [-0.4, -0.2) is 49.0 Å². The number of carbonyl (C=O) groups is 1. The van der Waals surface area contributed by atoms with Gasteiger partial charge in [-0.1, -0.05) is 36.7 Å². The maximum absolute atomic E-state index is 11.9. The van der Waals surface area contributed by atoms with Crippen LogP contribution in [0.5, 0.6) is 0 Å². The lowest BCUT2D eigenvalue weighted by Gasteiger charge is -2.58. The molecule has 4 aliphatic rings. The number of oxime groups is 1. The Hall–Kier alpha value is -2.47. The fourth-order valence-corrected chi connectivity index (χ4v) is 7.61. The minimum Gasteiger partial charge on any atom is -0.431 e. The lowest BCUT2D eigenvalue weighted by molar-refractivity contribution is -0.0191. The van der Waals surface area contributed by atoms with Gasteiger partial charge in [-0.05, 0) is 111 Å². The molecule has 1 heterocycles. The van der Waals surface area contributed by atoms with E-state index in [0.717, 1.165) is 30.9 Å². The molecular weight excluding hydrogens is 438 g/mol. The van der Waals surface area contributed by atoms with E-state index < -0.39 is 6.16 Å². The predicted molar refractivity (Wildman–Crippen MR) is 138 cm³/mol. The molecular formula is C29H39N3O3. The topological polar surface area (TPSA) is 64.0 Å². The van der Waals surface area contributed by atoms with E-state index in [4.69, 9.17) is 9.57 Å². The summed E-state index contributed by atoms with van der Waals surface area (Å²) in [6.45, 7) is 5.95. The van der Waals surface area contributed by atoms with Gasteiger partial charge in [0.15, 0.2) is 0 Å². The highest BCUT2D eigenvalue weighted by Crippen LogP contribution is 2.66. The zero-order valence-corrected chi connectivity index (χ0v) is 21.6. The number of rotatable bonds is 5. The van der Waals surface area contributed by atoms with Crippen molar-refractivity contribution in [2.75, 3.05) is 27.2 Å². The minimum atomic E-state index is -0.723. The number of fused-ring (bicyclic) bond motifs is 5. The van der Waals surface area contributed by atoms with Crippen molar-refractivity contribution in [3.05, 3.63) is 47.8 Å². The Bertz CT molecular complexity index is 1050. The molecule has 0 N–H and O–H groups in total. The third kappa shape index (κ3) is 4.46. The molecule has 35 heavy (non-hydrogen) atoms. The molecule has 5 atom stereocenters. The van der Waals surface area contributed by atoms with Gasteiger partial charge in [-0.2, -0.15) is 0 Å². The highest BCUT2D eigenvalue weighted by atomic mass is 16.8. The number of allylic oxidation sites excluding steroid dienone is 4. The van der Waals surface area contributed by atoms with Gasteiger partial charge in [-0.25, -0.2) is 4.79 Å². The molecule has 0 amide bonds. The van der Waals surface area contributed by atoms with Gasteiger partial charge in [0.2, 0.25) is 0 Å². The lowest BCUT2D eigenvalue weighted by Crippen LogP contribution is -2.49. The van der Waals surface area contributed by atoms with Crippen LogP contribution < -0.4 is 0 Å². The number of pyridine rings is 1. The summed E-state index contributed by atoms with van der Waals surface area (Å²) in [5.74, 6) is 2.17. The molecule has 6 heteroatoms. The molecule has 0 radical (unpaired) electrons. The molecule has 6 nitrogen and oxygen atoms in total. The molecule has 0 saturated heterocycles. The fraction of sp³-hybridized carbons (Fsp3) is 0.621. The van der Waals surface area contributed by atoms with Crippen molar-refractivity contribution in [1.82, 2.24) is 9.88 Å². The number of likely N-dealkylation sites (N-methyl/N-ethyl adjacent to an activating group) is 1. The molecule has 1 aromatic heterocycles. The Morgan fingerprint density at radius 3 is 2.80 bits per heavy atom. The molecule has 0 bridgehead atoms. The zero-order valence-electron chi connectivity index (χ0n) is 21.6. The molecule has 0 aliphatic heterocycles. The summed E-state index contributed by atoms with van der Waals surface area (Å²) >= 11 is 0. The summed E-state index contributed by atoms with van der Waals surface area (Å²) < 4.78 is 5.09. The summed E-state index contributed by atoms with van der Waals surface area (Å²) in [6, 6.07) is 4.29. The molecule has 188 valence electrons. The number of hydrogen-bond acceptors (Lipinski definition) is 6. The van der Waals surface area contributed by atoms with Gasteiger partial charge in [0.25, 0.3) is 0 Å². The number of nitrogens with zero attached hydrogens (tertiary/aromatic N) is 3. The molecule has 0 unspecified atom stereocenters. The molecule has 0 aromatic carbocycles. The second-order valence-electron chi connectivity index (χ2n) is 11.6. The van der Waals surface area contributed by atoms with Crippen molar-refractivity contribution in [2.24, 2.45) is 33.7 Å². The van der Waals surface area contributed by atoms with Crippen LogP contribution in [0, 0.1) is 28.6 Å². The van der Waals surface area contributed by atoms with Crippen LogP contribution in [0.4, 0.5) is 4.79 Å². The van der Waals surface area contributed by atoms with E-state index in [1.165, 1.54) is 42.4 Å².